The molecule has 1 saturated heterocycles. The third-order valence-corrected chi connectivity index (χ3v) is 5.18. The zero-order valence-electron chi connectivity index (χ0n) is 12.9. The fraction of sp³-hybridized carbons (Fsp3) is 0.615. The number of aryl methyl sites for hydroxylation is 1. The molecule has 22 heavy (non-hydrogen) atoms. The van der Waals surface area contributed by atoms with Crippen LogP contribution in [0.1, 0.15) is 29.0 Å². The van der Waals surface area contributed by atoms with Crippen LogP contribution >= 0.6 is 12.4 Å². The van der Waals surface area contributed by atoms with Crippen molar-refractivity contribution in [2.75, 3.05) is 27.2 Å². The van der Waals surface area contributed by atoms with Crippen LogP contribution in [0.25, 0.3) is 0 Å². The highest BCUT2D eigenvalue weighted by Gasteiger charge is 2.26. The van der Waals surface area contributed by atoms with Gasteiger partial charge in [0.25, 0.3) is 15.9 Å². The zero-order valence-corrected chi connectivity index (χ0v) is 14.5. The van der Waals surface area contributed by atoms with Gasteiger partial charge in [0.2, 0.25) is 5.09 Å². The first-order valence-electron chi connectivity index (χ1n) is 6.87. The molecule has 1 aliphatic rings. The van der Waals surface area contributed by atoms with Gasteiger partial charge in [-0.3, -0.25) is 4.79 Å². The zero-order chi connectivity index (χ0) is 15.6. The largest absolute Gasteiger partial charge is 0.448 e. The average molecular weight is 352 g/mol. The maximum absolute atomic E-state index is 12.2. The van der Waals surface area contributed by atoms with Crippen molar-refractivity contribution in [1.29, 1.82) is 0 Å². The molecule has 2 N–H and O–H groups in total. The predicted molar refractivity (Wildman–Crippen MR) is 84.9 cm³/mol. The first-order chi connectivity index (χ1) is 9.82. The number of carbonyl (C=O) groups excluding carboxylic acids is 1. The molecule has 0 saturated carbocycles. The van der Waals surface area contributed by atoms with E-state index in [2.05, 4.69) is 10.6 Å². The van der Waals surface area contributed by atoms with E-state index in [0.29, 0.717) is 5.76 Å². The van der Waals surface area contributed by atoms with Gasteiger partial charge in [0.1, 0.15) is 5.76 Å². The van der Waals surface area contributed by atoms with Gasteiger partial charge in [-0.15, -0.1) is 12.4 Å². The SMILES string of the molecule is Cc1oc(S(=O)(=O)N(C)C)cc1C(=O)NC1CCCNC1.Cl. The summed E-state index contributed by atoms with van der Waals surface area (Å²) in [7, 11) is -0.836. The van der Waals surface area contributed by atoms with Crippen LogP contribution in [0.5, 0.6) is 0 Å². The van der Waals surface area contributed by atoms with Crippen molar-refractivity contribution >= 4 is 28.3 Å². The van der Waals surface area contributed by atoms with Crippen molar-refractivity contribution in [3.8, 4) is 0 Å². The van der Waals surface area contributed by atoms with E-state index in [4.69, 9.17) is 4.42 Å². The lowest BCUT2D eigenvalue weighted by atomic mass is 10.1. The highest BCUT2D eigenvalue weighted by atomic mass is 35.5. The smallest absolute Gasteiger partial charge is 0.275 e. The lowest BCUT2D eigenvalue weighted by molar-refractivity contribution is 0.0929. The molecule has 0 bridgehead atoms. The summed E-state index contributed by atoms with van der Waals surface area (Å²) in [5.74, 6) is 0.00171. The molecule has 9 heteroatoms. The van der Waals surface area contributed by atoms with E-state index >= 15 is 0 Å². The summed E-state index contributed by atoms with van der Waals surface area (Å²) < 4.78 is 30.3. The first kappa shape index (κ1) is 19.0. The van der Waals surface area contributed by atoms with Crippen molar-refractivity contribution in [2.45, 2.75) is 30.9 Å². The van der Waals surface area contributed by atoms with Crippen LogP contribution in [0.4, 0.5) is 0 Å². The maximum Gasteiger partial charge on any atom is 0.275 e. The van der Waals surface area contributed by atoms with Gasteiger partial charge in [0.15, 0.2) is 0 Å². The van der Waals surface area contributed by atoms with Gasteiger partial charge in [0, 0.05) is 32.7 Å². The van der Waals surface area contributed by atoms with Gasteiger partial charge < -0.3 is 15.1 Å². The van der Waals surface area contributed by atoms with Gasteiger partial charge in [0.05, 0.1) is 5.56 Å². The number of hydrogen-bond acceptors (Lipinski definition) is 5. The predicted octanol–water partition coefficient (Wildman–Crippen LogP) is 0.742. The highest BCUT2D eigenvalue weighted by Crippen LogP contribution is 2.21. The minimum Gasteiger partial charge on any atom is -0.448 e. The van der Waals surface area contributed by atoms with E-state index < -0.39 is 10.0 Å². The van der Waals surface area contributed by atoms with Crippen LogP contribution in [0, 0.1) is 6.92 Å². The van der Waals surface area contributed by atoms with Crippen LogP contribution in [-0.2, 0) is 10.0 Å². The van der Waals surface area contributed by atoms with Crippen LogP contribution < -0.4 is 10.6 Å². The summed E-state index contributed by atoms with van der Waals surface area (Å²) in [6.07, 6.45) is 1.92. The topological polar surface area (TPSA) is 91.7 Å². The summed E-state index contributed by atoms with van der Waals surface area (Å²) in [6, 6.07) is 1.35. The molecule has 0 aliphatic carbocycles. The molecule has 126 valence electrons. The van der Waals surface area contributed by atoms with Crippen LogP contribution in [-0.4, -0.2) is 51.9 Å². The molecule has 1 atom stereocenters. The Labute approximate surface area is 136 Å². The number of halogens is 1. The quantitative estimate of drug-likeness (QED) is 0.834. The van der Waals surface area contributed by atoms with E-state index in [1.165, 1.54) is 20.2 Å². The second-order valence-electron chi connectivity index (χ2n) is 5.34. The summed E-state index contributed by atoms with van der Waals surface area (Å²) in [5.41, 5.74) is 0.265. The number of amides is 1. The molecular formula is C13H22ClN3O4S. The molecule has 2 rings (SSSR count). The summed E-state index contributed by atoms with van der Waals surface area (Å²) >= 11 is 0. The van der Waals surface area contributed by atoms with Crippen molar-refractivity contribution in [3.05, 3.63) is 17.4 Å². The Morgan fingerprint density at radius 3 is 2.68 bits per heavy atom. The lowest BCUT2D eigenvalue weighted by Gasteiger charge is -2.23. The number of sulfonamides is 1. The third-order valence-electron chi connectivity index (χ3n) is 3.51. The fourth-order valence-corrected chi connectivity index (χ4v) is 3.08. The Morgan fingerprint density at radius 1 is 1.45 bits per heavy atom. The average Bonchev–Trinajstić information content (AvgIpc) is 2.82. The van der Waals surface area contributed by atoms with Crippen LogP contribution in [0.2, 0.25) is 0 Å². The molecule has 1 unspecified atom stereocenters. The number of carbonyl (C=O) groups is 1. The van der Waals surface area contributed by atoms with Crippen molar-refractivity contribution in [2.24, 2.45) is 0 Å². The van der Waals surface area contributed by atoms with E-state index in [1.54, 1.807) is 6.92 Å². The second-order valence-corrected chi connectivity index (χ2v) is 7.42. The molecule has 1 amide bonds. The molecule has 0 radical (unpaired) electrons. The molecule has 0 aromatic carbocycles. The minimum absolute atomic E-state index is 0. The summed E-state index contributed by atoms with van der Waals surface area (Å²) in [4.78, 5) is 12.2. The molecular weight excluding hydrogens is 330 g/mol. The standard InChI is InChI=1S/C13H21N3O4S.ClH/c1-9-11(7-12(20-9)21(18,19)16(2)3)13(17)15-10-5-4-6-14-8-10;/h7,10,14H,4-6,8H2,1-3H3,(H,15,17);1H. The highest BCUT2D eigenvalue weighted by molar-refractivity contribution is 7.88. The molecule has 1 aromatic rings. The van der Waals surface area contributed by atoms with E-state index in [0.717, 1.165) is 30.2 Å². The number of hydrogen-bond donors (Lipinski definition) is 2. The summed E-state index contributed by atoms with van der Waals surface area (Å²) in [6.45, 7) is 3.27. The van der Waals surface area contributed by atoms with Crippen molar-refractivity contribution in [1.82, 2.24) is 14.9 Å². The van der Waals surface area contributed by atoms with Gasteiger partial charge in [-0.05, 0) is 26.3 Å². The molecule has 7 nitrogen and oxygen atoms in total. The normalized spacial score (nSPS) is 18.8. The minimum atomic E-state index is -3.67. The Balaban J connectivity index is 0.00000242. The fourth-order valence-electron chi connectivity index (χ4n) is 2.23. The van der Waals surface area contributed by atoms with E-state index in [9.17, 15) is 13.2 Å². The van der Waals surface area contributed by atoms with Gasteiger partial charge in [-0.25, -0.2) is 12.7 Å². The Kier molecular flexibility index (Phi) is 6.42. The molecule has 0 spiro atoms. The van der Waals surface area contributed by atoms with E-state index in [1.807, 2.05) is 0 Å². The van der Waals surface area contributed by atoms with Gasteiger partial charge in [-0.1, -0.05) is 0 Å². The van der Waals surface area contributed by atoms with Gasteiger partial charge >= 0.3 is 0 Å². The van der Waals surface area contributed by atoms with Crippen molar-refractivity contribution in [3.63, 3.8) is 0 Å². The number of furan rings is 1. The van der Waals surface area contributed by atoms with Gasteiger partial charge in [-0.2, -0.15) is 0 Å². The molecule has 2 heterocycles. The monoisotopic (exact) mass is 351 g/mol. The number of rotatable bonds is 4. The third kappa shape index (κ3) is 4.01. The maximum atomic E-state index is 12.2. The number of piperidine rings is 1. The van der Waals surface area contributed by atoms with Crippen molar-refractivity contribution < 1.29 is 17.6 Å². The van der Waals surface area contributed by atoms with Crippen LogP contribution in [0.15, 0.2) is 15.6 Å². The molecule has 1 aliphatic heterocycles. The van der Waals surface area contributed by atoms with Crippen LogP contribution in [0.3, 0.4) is 0 Å². The Hall–Kier alpha value is -1.09. The number of nitrogens with zero attached hydrogens (tertiary/aromatic N) is 1. The second kappa shape index (κ2) is 7.45. The first-order valence-corrected chi connectivity index (χ1v) is 8.31. The Bertz CT molecular complexity index is 621. The van der Waals surface area contributed by atoms with E-state index in [-0.39, 0.29) is 35.0 Å². The lowest BCUT2D eigenvalue weighted by Crippen LogP contribution is -2.45. The molecule has 1 fully saturated rings. The summed E-state index contributed by atoms with van der Waals surface area (Å²) in [5, 5.41) is 5.90. The number of nitrogens with one attached hydrogen (secondary N) is 2. The Morgan fingerprint density at radius 2 is 2.14 bits per heavy atom. The molecule has 1 aromatic heterocycles.